The molecule has 0 radical (unpaired) electrons. The number of hydrogen-bond donors (Lipinski definition) is 2. The van der Waals surface area contributed by atoms with E-state index in [0.29, 0.717) is 11.2 Å². The molecule has 23 heavy (non-hydrogen) atoms. The van der Waals surface area contributed by atoms with Gasteiger partial charge in [0.25, 0.3) is 11.5 Å². The smallest absolute Gasteiger partial charge is 0.277 e. The average molecular weight is 333 g/mol. The van der Waals surface area contributed by atoms with E-state index in [2.05, 4.69) is 32.3 Å². The van der Waals surface area contributed by atoms with Gasteiger partial charge in [0.2, 0.25) is 0 Å². The first kappa shape index (κ1) is 15.8. The third-order valence-electron chi connectivity index (χ3n) is 3.99. The highest BCUT2D eigenvalue weighted by atomic mass is 32.1. The van der Waals surface area contributed by atoms with Gasteiger partial charge in [-0.25, -0.2) is 10.1 Å². The van der Waals surface area contributed by atoms with Crippen molar-refractivity contribution in [3.63, 3.8) is 0 Å². The fraction of sp³-hybridized carbons (Fsp3) is 0.467. The molecule has 1 unspecified atom stereocenters. The molecule has 7 nitrogen and oxygen atoms in total. The second kappa shape index (κ2) is 7.01. The number of rotatable bonds is 4. The molecule has 1 amide bonds. The fourth-order valence-electron chi connectivity index (χ4n) is 2.66. The molecule has 0 aromatic carbocycles. The van der Waals surface area contributed by atoms with Crippen molar-refractivity contribution >= 4 is 22.4 Å². The maximum absolute atomic E-state index is 12.0. The third-order valence-corrected chi connectivity index (χ3v) is 4.88. The van der Waals surface area contributed by atoms with E-state index in [1.165, 1.54) is 42.7 Å². The van der Waals surface area contributed by atoms with E-state index in [0.717, 1.165) is 18.0 Å². The molecule has 2 aromatic rings. The van der Waals surface area contributed by atoms with Crippen molar-refractivity contribution in [1.82, 2.24) is 20.1 Å². The van der Waals surface area contributed by atoms with Crippen molar-refractivity contribution in [2.24, 2.45) is 0 Å². The van der Waals surface area contributed by atoms with Crippen molar-refractivity contribution in [2.75, 3.05) is 11.9 Å². The van der Waals surface area contributed by atoms with Gasteiger partial charge in [-0.2, -0.15) is 5.10 Å². The summed E-state index contributed by atoms with van der Waals surface area (Å²) in [6.45, 7) is 4.23. The maximum atomic E-state index is 12.0. The Hall–Kier alpha value is -2.06. The number of likely N-dealkylation sites (tertiary alicyclic amines) is 1. The number of nitrogens with zero attached hydrogens (tertiary/aromatic N) is 3. The van der Waals surface area contributed by atoms with E-state index in [1.54, 1.807) is 0 Å². The minimum atomic E-state index is -0.381. The molecule has 2 aromatic heterocycles. The van der Waals surface area contributed by atoms with Gasteiger partial charge in [0.15, 0.2) is 5.13 Å². The van der Waals surface area contributed by atoms with Crippen LogP contribution in [0.15, 0.2) is 23.1 Å². The van der Waals surface area contributed by atoms with E-state index in [9.17, 15) is 9.59 Å². The maximum Gasteiger partial charge on any atom is 0.277 e. The van der Waals surface area contributed by atoms with Gasteiger partial charge in [0.05, 0.1) is 0 Å². The topological polar surface area (TPSA) is 91.0 Å². The van der Waals surface area contributed by atoms with Crippen LogP contribution in [0.25, 0.3) is 0 Å². The normalized spacial score (nSPS) is 18.7. The second-order valence-corrected chi connectivity index (χ2v) is 6.82. The van der Waals surface area contributed by atoms with Gasteiger partial charge in [0.1, 0.15) is 5.69 Å². The number of hydrogen-bond acceptors (Lipinski definition) is 6. The first-order valence-electron chi connectivity index (χ1n) is 7.67. The van der Waals surface area contributed by atoms with Crippen LogP contribution in [0.2, 0.25) is 0 Å². The number of carbonyl (C=O) groups excluding carboxylic acids is 1. The molecule has 1 atom stereocenters. The number of nitrogens with one attached hydrogen (secondary N) is 2. The molecule has 2 N–H and O–H groups in total. The highest BCUT2D eigenvalue weighted by Gasteiger charge is 2.19. The van der Waals surface area contributed by atoms with Crippen LogP contribution >= 0.6 is 11.3 Å². The first-order valence-corrected chi connectivity index (χ1v) is 8.49. The summed E-state index contributed by atoms with van der Waals surface area (Å²) in [6.07, 6.45) is 5.58. The van der Waals surface area contributed by atoms with Gasteiger partial charge >= 0.3 is 0 Å². The SMILES string of the molecule is CC1CCCCN1Cc1cnc(NC(=O)c2ccc(=O)[nH]n2)s1. The molecule has 0 spiro atoms. The van der Waals surface area contributed by atoms with E-state index < -0.39 is 0 Å². The largest absolute Gasteiger partial charge is 0.296 e. The van der Waals surface area contributed by atoms with Gasteiger partial charge in [-0.05, 0) is 32.4 Å². The number of thiazole rings is 1. The van der Waals surface area contributed by atoms with E-state index in [4.69, 9.17) is 0 Å². The summed E-state index contributed by atoms with van der Waals surface area (Å²) in [6, 6.07) is 3.25. The Kier molecular flexibility index (Phi) is 4.82. The molecular weight excluding hydrogens is 314 g/mol. The Balaban J connectivity index is 1.61. The van der Waals surface area contributed by atoms with Crippen LogP contribution in [-0.4, -0.2) is 38.6 Å². The molecular formula is C15H19N5O2S. The minimum Gasteiger partial charge on any atom is -0.296 e. The highest BCUT2D eigenvalue weighted by molar-refractivity contribution is 7.15. The lowest BCUT2D eigenvalue weighted by Gasteiger charge is -2.32. The van der Waals surface area contributed by atoms with Crippen LogP contribution < -0.4 is 10.9 Å². The van der Waals surface area contributed by atoms with Gasteiger partial charge < -0.3 is 0 Å². The quantitative estimate of drug-likeness (QED) is 0.891. The van der Waals surface area contributed by atoms with Crippen LogP contribution in [-0.2, 0) is 6.54 Å². The molecule has 1 aliphatic rings. The summed E-state index contributed by atoms with van der Waals surface area (Å²) in [5.74, 6) is -0.381. The van der Waals surface area contributed by atoms with Gasteiger partial charge in [-0.3, -0.25) is 19.8 Å². The molecule has 0 saturated carbocycles. The Morgan fingerprint density at radius 2 is 2.35 bits per heavy atom. The van der Waals surface area contributed by atoms with Crippen LogP contribution in [0.4, 0.5) is 5.13 Å². The summed E-state index contributed by atoms with van der Waals surface area (Å²) >= 11 is 1.47. The summed E-state index contributed by atoms with van der Waals surface area (Å²) in [5, 5.41) is 9.20. The number of aromatic amines is 1. The third kappa shape index (κ3) is 4.02. The lowest BCUT2D eigenvalue weighted by Crippen LogP contribution is -2.36. The molecule has 3 heterocycles. The predicted molar refractivity (Wildman–Crippen MR) is 88.6 cm³/mol. The number of piperidine rings is 1. The zero-order valence-electron chi connectivity index (χ0n) is 12.9. The van der Waals surface area contributed by atoms with E-state index >= 15 is 0 Å². The Morgan fingerprint density at radius 1 is 1.48 bits per heavy atom. The van der Waals surface area contributed by atoms with Crippen LogP contribution in [0, 0.1) is 0 Å². The number of anilines is 1. The van der Waals surface area contributed by atoms with Gasteiger partial charge in [-0.15, -0.1) is 11.3 Å². The number of amides is 1. The molecule has 3 rings (SSSR count). The average Bonchev–Trinajstić information content (AvgIpc) is 2.97. The lowest BCUT2D eigenvalue weighted by atomic mass is 10.0. The zero-order valence-corrected chi connectivity index (χ0v) is 13.7. The number of H-pyrrole nitrogens is 1. The summed E-state index contributed by atoms with van der Waals surface area (Å²) in [4.78, 5) is 30.8. The first-order chi connectivity index (χ1) is 11.1. The van der Waals surface area contributed by atoms with Crippen molar-refractivity contribution < 1.29 is 4.79 Å². The zero-order chi connectivity index (χ0) is 16.2. The van der Waals surface area contributed by atoms with Crippen molar-refractivity contribution in [2.45, 2.75) is 38.8 Å². The van der Waals surface area contributed by atoms with E-state index in [1.807, 2.05) is 6.20 Å². The molecule has 122 valence electrons. The molecule has 0 aliphatic carbocycles. The summed E-state index contributed by atoms with van der Waals surface area (Å²) < 4.78 is 0. The number of carbonyl (C=O) groups is 1. The van der Waals surface area contributed by atoms with Crippen molar-refractivity contribution in [3.05, 3.63) is 39.3 Å². The van der Waals surface area contributed by atoms with Crippen LogP contribution in [0.5, 0.6) is 0 Å². The van der Waals surface area contributed by atoms with Gasteiger partial charge in [-0.1, -0.05) is 6.42 Å². The van der Waals surface area contributed by atoms with Crippen molar-refractivity contribution in [1.29, 1.82) is 0 Å². The van der Waals surface area contributed by atoms with Crippen LogP contribution in [0.3, 0.4) is 0 Å². The molecule has 8 heteroatoms. The van der Waals surface area contributed by atoms with E-state index in [-0.39, 0.29) is 17.2 Å². The lowest BCUT2D eigenvalue weighted by molar-refractivity contribution is 0.102. The molecule has 0 bridgehead atoms. The van der Waals surface area contributed by atoms with Crippen LogP contribution in [0.1, 0.15) is 41.6 Å². The predicted octanol–water partition coefficient (Wildman–Crippen LogP) is 1.85. The van der Waals surface area contributed by atoms with Crippen molar-refractivity contribution in [3.8, 4) is 0 Å². The highest BCUT2D eigenvalue weighted by Crippen LogP contribution is 2.24. The van der Waals surface area contributed by atoms with Gasteiger partial charge in [0, 0.05) is 29.7 Å². The summed E-state index contributed by atoms with van der Waals surface area (Å²) in [5.41, 5.74) is -0.181. The Bertz CT molecular complexity index is 721. The molecule has 1 saturated heterocycles. The fourth-order valence-corrected chi connectivity index (χ4v) is 3.50. The monoisotopic (exact) mass is 333 g/mol. The second-order valence-electron chi connectivity index (χ2n) is 5.71. The minimum absolute atomic E-state index is 0.158. The summed E-state index contributed by atoms with van der Waals surface area (Å²) in [7, 11) is 0. The number of aromatic nitrogens is 3. The standard InChI is InChI=1S/C15H19N5O2S/c1-10-4-2-3-7-20(10)9-11-8-16-15(23-11)17-14(22)12-5-6-13(21)19-18-12/h5-6,8,10H,2-4,7,9H2,1H3,(H,19,21)(H,16,17,22). The Morgan fingerprint density at radius 3 is 3.09 bits per heavy atom. The molecule has 1 aliphatic heterocycles. The Labute approximate surface area is 137 Å². The molecule has 1 fully saturated rings.